The van der Waals surface area contributed by atoms with Crippen molar-refractivity contribution in [3.8, 4) is 56.2 Å². The standard InChI is InChI=1S/C43H31N3/c1-2-41-44-42(46-43(45-41)38-22-21-33-25-31(19-20-34(33)27-38)29-11-5-3-6-12-29)37-17-9-15-36(28-37)39-18-10-16-35-26-32(23-24-40(35)39)30-13-7-4-8-14-30/h3-28H,2H2,1H3. The van der Waals surface area contributed by atoms with Gasteiger partial charge in [-0.25, -0.2) is 15.0 Å². The minimum atomic E-state index is 0.690. The van der Waals surface area contributed by atoms with Crippen LogP contribution in [0.25, 0.3) is 77.7 Å². The molecule has 0 N–H and O–H groups in total. The van der Waals surface area contributed by atoms with Crippen molar-refractivity contribution < 1.29 is 0 Å². The molecule has 0 aliphatic heterocycles. The van der Waals surface area contributed by atoms with E-state index in [0.717, 1.165) is 34.3 Å². The van der Waals surface area contributed by atoms with Crippen molar-refractivity contribution in [1.82, 2.24) is 15.0 Å². The molecule has 0 atom stereocenters. The zero-order valence-electron chi connectivity index (χ0n) is 25.6. The largest absolute Gasteiger partial charge is 0.213 e. The Hall–Kier alpha value is -5.93. The first-order valence-electron chi connectivity index (χ1n) is 15.8. The SMILES string of the molecule is CCc1nc(-c2cccc(-c3cccc4cc(-c5ccccc5)ccc34)c2)nc(-c2ccc3cc(-c4ccccc4)ccc3c2)n1. The summed E-state index contributed by atoms with van der Waals surface area (Å²) in [7, 11) is 0. The van der Waals surface area contributed by atoms with E-state index in [1.807, 2.05) is 6.07 Å². The van der Waals surface area contributed by atoms with Gasteiger partial charge in [0, 0.05) is 17.5 Å². The van der Waals surface area contributed by atoms with Crippen molar-refractivity contribution in [3.05, 3.63) is 164 Å². The summed E-state index contributed by atoms with van der Waals surface area (Å²) in [5, 5.41) is 4.78. The highest BCUT2D eigenvalue weighted by atomic mass is 15.0. The summed E-state index contributed by atoms with van der Waals surface area (Å²) in [6, 6.07) is 55.9. The van der Waals surface area contributed by atoms with E-state index in [1.165, 1.54) is 44.0 Å². The summed E-state index contributed by atoms with van der Waals surface area (Å²) in [5.74, 6) is 2.17. The van der Waals surface area contributed by atoms with Crippen LogP contribution in [0.3, 0.4) is 0 Å². The quantitative estimate of drug-likeness (QED) is 0.194. The molecule has 3 heteroatoms. The van der Waals surface area contributed by atoms with Crippen LogP contribution in [0.2, 0.25) is 0 Å². The van der Waals surface area contributed by atoms with Crippen LogP contribution in [-0.4, -0.2) is 15.0 Å². The normalized spacial score (nSPS) is 11.2. The Labute approximate surface area is 268 Å². The molecule has 0 aliphatic rings. The van der Waals surface area contributed by atoms with Gasteiger partial charge in [0.15, 0.2) is 11.6 Å². The molecule has 1 heterocycles. The molecule has 0 spiro atoms. The van der Waals surface area contributed by atoms with Crippen molar-refractivity contribution in [2.75, 3.05) is 0 Å². The third kappa shape index (κ3) is 5.33. The molecule has 8 aromatic rings. The Morgan fingerprint density at radius 3 is 1.57 bits per heavy atom. The highest BCUT2D eigenvalue weighted by Gasteiger charge is 2.13. The second-order valence-electron chi connectivity index (χ2n) is 11.6. The Morgan fingerprint density at radius 1 is 0.370 bits per heavy atom. The van der Waals surface area contributed by atoms with E-state index in [1.54, 1.807) is 0 Å². The number of rotatable bonds is 6. The molecule has 8 rings (SSSR count). The van der Waals surface area contributed by atoms with Gasteiger partial charge >= 0.3 is 0 Å². The van der Waals surface area contributed by atoms with E-state index < -0.39 is 0 Å². The Bertz CT molecular complexity index is 2340. The zero-order valence-corrected chi connectivity index (χ0v) is 25.6. The lowest BCUT2D eigenvalue weighted by atomic mass is 9.94. The summed E-state index contributed by atoms with van der Waals surface area (Å²) in [4.78, 5) is 14.7. The van der Waals surface area contributed by atoms with Crippen LogP contribution in [0.15, 0.2) is 158 Å². The number of aromatic nitrogens is 3. The summed E-state index contributed by atoms with van der Waals surface area (Å²) in [6.45, 7) is 2.09. The van der Waals surface area contributed by atoms with Crippen molar-refractivity contribution in [2.45, 2.75) is 13.3 Å². The van der Waals surface area contributed by atoms with Crippen LogP contribution in [0.5, 0.6) is 0 Å². The number of hydrogen-bond donors (Lipinski definition) is 0. The monoisotopic (exact) mass is 589 g/mol. The maximum Gasteiger partial charge on any atom is 0.163 e. The summed E-state index contributed by atoms with van der Waals surface area (Å²) in [6.07, 6.45) is 0.725. The van der Waals surface area contributed by atoms with E-state index >= 15 is 0 Å². The Morgan fingerprint density at radius 2 is 0.891 bits per heavy atom. The highest BCUT2D eigenvalue weighted by Crippen LogP contribution is 2.34. The molecule has 0 unspecified atom stereocenters. The van der Waals surface area contributed by atoms with E-state index in [0.29, 0.717) is 11.6 Å². The second-order valence-corrected chi connectivity index (χ2v) is 11.6. The fraction of sp³-hybridized carbons (Fsp3) is 0.0465. The smallest absolute Gasteiger partial charge is 0.163 e. The van der Waals surface area contributed by atoms with E-state index in [4.69, 9.17) is 15.0 Å². The average Bonchev–Trinajstić information content (AvgIpc) is 3.14. The fourth-order valence-corrected chi connectivity index (χ4v) is 6.20. The predicted octanol–water partition coefficient (Wildman–Crippen LogP) is 11.1. The van der Waals surface area contributed by atoms with Crippen LogP contribution in [-0.2, 0) is 6.42 Å². The highest BCUT2D eigenvalue weighted by molar-refractivity contribution is 5.99. The van der Waals surface area contributed by atoms with E-state index in [-0.39, 0.29) is 0 Å². The average molecular weight is 590 g/mol. The Balaban J connectivity index is 1.16. The van der Waals surface area contributed by atoms with Crippen molar-refractivity contribution in [1.29, 1.82) is 0 Å². The number of hydrogen-bond acceptors (Lipinski definition) is 3. The summed E-state index contributed by atoms with van der Waals surface area (Å²) in [5.41, 5.74) is 9.14. The fourth-order valence-electron chi connectivity index (χ4n) is 6.20. The predicted molar refractivity (Wildman–Crippen MR) is 191 cm³/mol. The topological polar surface area (TPSA) is 38.7 Å². The third-order valence-corrected chi connectivity index (χ3v) is 8.62. The number of benzene rings is 7. The third-order valence-electron chi connectivity index (χ3n) is 8.62. The molecule has 0 saturated heterocycles. The molecule has 7 aromatic carbocycles. The number of aryl methyl sites for hydroxylation is 1. The molecule has 0 fully saturated rings. The molecule has 0 saturated carbocycles. The van der Waals surface area contributed by atoms with Gasteiger partial charge in [0.25, 0.3) is 0 Å². The van der Waals surface area contributed by atoms with Crippen LogP contribution in [0, 0.1) is 0 Å². The minimum absolute atomic E-state index is 0.690. The lowest BCUT2D eigenvalue weighted by Crippen LogP contribution is -2.02. The van der Waals surface area contributed by atoms with Gasteiger partial charge in [-0.1, -0.05) is 140 Å². The van der Waals surface area contributed by atoms with Gasteiger partial charge in [-0.05, 0) is 79.2 Å². The van der Waals surface area contributed by atoms with Gasteiger partial charge < -0.3 is 0 Å². The van der Waals surface area contributed by atoms with Gasteiger partial charge in [-0.2, -0.15) is 0 Å². The lowest BCUT2D eigenvalue weighted by molar-refractivity contribution is 0.910. The maximum absolute atomic E-state index is 5.01. The van der Waals surface area contributed by atoms with E-state index in [9.17, 15) is 0 Å². The maximum atomic E-state index is 5.01. The van der Waals surface area contributed by atoms with Gasteiger partial charge in [0.05, 0.1) is 0 Å². The van der Waals surface area contributed by atoms with Gasteiger partial charge in [0.1, 0.15) is 5.82 Å². The first-order valence-corrected chi connectivity index (χ1v) is 15.8. The Kier molecular flexibility index (Phi) is 7.12. The number of nitrogens with zero attached hydrogens (tertiary/aromatic N) is 3. The molecule has 0 amide bonds. The van der Waals surface area contributed by atoms with Crippen molar-refractivity contribution in [3.63, 3.8) is 0 Å². The van der Waals surface area contributed by atoms with Gasteiger partial charge in [0.2, 0.25) is 0 Å². The summed E-state index contributed by atoms with van der Waals surface area (Å²) >= 11 is 0. The molecular formula is C43H31N3. The van der Waals surface area contributed by atoms with Crippen LogP contribution in [0.4, 0.5) is 0 Å². The van der Waals surface area contributed by atoms with Crippen LogP contribution >= 0.6 is 0 Å². The van der Waals surface area contributed by atoms with Crippen molar-refractivity contribution >= 4 is 21.5 Å². The van der Waals surface area contributed by atoms with Crippen molar-refractivity contribution in [2.24, 2.45) is 0 Å². The summed E-state index contributed by atoms with van der Waals surface area (Å²) < 4.78 is 0. The van der Waals surface area contributed by atoms with Crippen LogP contribution in [0.1, 0.15) is 12.7 Å². The lowest BCUT2D eigenvalue weighted by Gasteiger charge is -2.12. The molecular weight excluding hydrogens is 558 g/mol. The minimum Gasteiger partial charge on any atom is -0.213 e. The molecule has 46 heavy (non-hydrogen) atoms. The molecule has 0 radical (unpaired) electrons. The van der Waals surface area contributed by atoms with Gasteiger partial charge in [-0.3, -0.25) is 0 Å². The van der Waals surface area contributed by atoms with E-state index in [2.05, 4.69) is 159 Å². The van der Waals surface area contributed by atoms with Crippen LogP contribution < -0.4 is 0 Å². The number of fused-ring (bicyclic) bond motifs is 2. The first kappa shape index (κ1) is 27.6. The molecule has 3 nitrogen and oxygen atoms in total. The first-order chi connectivity index (χ1) is 22.7. The second kappa shape index (κ2) is 11.9. The molecule has 218 valence electrons. The molecule has 0 aliphatic carbocycles. The molecule has 1 aromatic heterocycles. The molecule has 0 bridgehead atoms. The van der Waals surface area contributed by atoms with Gasteiger partial charge in [-0.15, -0.1) is 0 Å². The zero-order chi connectivity index (χ0) is 30.9.